The number of amides is 1. The summed E-state index contributed by atoms with van der Waals surface area (Å²) in [6, 6.07) is 12.9. The lowest BCUT2D eigenvalue weighted by Gasteiger charge is -2.16. The van der Waals surface area contributed by atoms with Crippen LogP contribution in [-0.2, 0) is 0 Å². The SMILES string of the molecule is COc1ccc(C(C)NC(=O)c2nnn(-c3cccc(Br)c3)c2C)cc1OC. The molecule has 0 radical (unpaired) electrons. The van der Waals surface area contributed by atoms with Gasteiger partial charge >= 0.3 is 0 Å². The number of benzene rings is 2. The van der Waals surface area contributed by atoms with Crippen molar-refractivity contribution in [2.24, 2.45) is 0 Å². The van der Waals surface area contributed by atoms with Crippen molar-refractivity contribution >= 4 is 21.8 Å². The Morgan fingerprint density at radius 2 is 1.89 bits per heavy atom. The zero-order valence-corrected chi connectivity index (χ0v) is 17.6. The van der Waals surface area contributed by atoms with Crippen LogP contribution in [0, 0.1) is 6.92 Å². The molecule has 0 aliphatic rings. The molecule has 0 spiro atoms. The van der Waals surface area contributed by atoms with Gasteiger partial charge in [0.1, 0.15) is 0 Å². The second kappa shape index (κ2) is 8.43. The van der Waals surface area contributed by atoms with Crippen LogP contribution in [-0.4, -0.2) is 35.1 Å². The van der Waals surface area contributed by atoms with E-state index in [9.17, 15) is 4.79 Å². The minimum Gasteiger partial charge on any atom is -0.493 e. The van der Waals surface area contributed by atoms with Crippen molar-refractivity contribution in [3.63, 3.8) is 0 Å². The van der Waals surface area contributed by atoms with Crippen LogP contribution in [0.3, 0.4) is 0 Å². The summed E-state index contributed by atoms with van der Waals surface area (Å²) in [4.78, 5) is 12.7. The number of hydrogen-bond donors (Lipinski definition) is 1. The highest BCUT2D eigenvalue weighted by molar-refractivity contribution is 9.10. The van der Waals surface area contributed by atoms with E-state index in [0.717, 1.165) is 15.7 Å². The van der Waals surface area contributed by atoms with Gasteiger partial charge in [-0.15, -0.1) is 5.10 Å². The lowest BCUT2D eigenvalue weighted by atomic mass is 10.1. The monoisotopic (exact) mass is 444 g/mol. The van der Waals surface area contributed by atoms with Gasteiger partial charge in [0.2, 0.25) is 0 Å². The Bertz CT molecular complexity index is 1000. The number of nitrogens with one attached hydrogen (secondary N) is 1. The average molecular weight is 445 g/mol. The number of nitrogens with zero attached hydrogens (tertiary/aromatic N) is 3. The van der Waals surface area contributed by atoms with Gasteiger partial charge in [0, 0.05) is 4.47 Å². The van der Waals surface area contributed by atoms with Gasteiger partial charge in [0.05, 0.1) is 31.6 Å². The first-order valence-corrected chi connectivity index (χ1v) is 9.45. The van der Waals surface area contributed by atoms with Gasteiger partial charge in [-0.2, -0.15) is 0 Å². The second-order valence-corrected chi connectivity index (χ2v) is 7.14. The van der Waals surface area contributed by atoms with Crippen molar-refractivity contribution in [2.45, 2.75) is 19.9 Å². The zero-order chi connectivity index (χ0) is 20.3. The van der Waals surface area contributed by atoms with Crippen LogP contribution < -0.4 is 14.8 Å². The fraction of sp³-hybridized carbons (Fsp3) is 0.250. The molecule has 1 amide bonds. The van der Waals surface area contributed by atoms with Crippen molar-refractivity contribution in [3.8, 4) is 17.2 Å². The van der Waals surface area contributed by atoms with Crippen LogP contribution in [0.15, 0.2) is 46.9 Å². The van der Waals surface area contributed by atoms with Crippen LogP contribution in [0.4, 0.5) is 0 Å². The fourth-order valence-electron chi connectivity index (χ4n) is 2.86. The molecule has 3 rings (SSSR count). The van der Waals surface area contributed by atoms with E-state index in [0.29, 0.717) is 17.2 Å². The molecule has 1 atom stereocenters. The highest BCUT2D eigenvalue weighted by Crippen LogP contribution is 2.30. The molecule has 7 nitrogen and oxygen atoms in total. The summed E-state index contributed by atoms with van der Waals surface area (Å²) in [5, 5.41) is 11.2. The van der Waals surface area contributed by atoms with Gasteiger partial charge in [0.15, 0.2) is 17.2 Å². The standard InChI is InChI=1S/C20H21BrN4O3/c1-12(14-8-9-17(27-3)18(10-14)28-4)22-20(26)19-13(2)25(24-23-19)16-7-5-6-15(21)11-16/h5-12H,1-4H3,(H,22,26). The third-order valence-corrected chi connectivity index (χ3v) is 4.91. The number of carbonyl (C=O) groups excluding carboxylic acids is 1. The highest BCUT2D eigenvalue weighted by atomic mass is 79.9. The average Bonchev–Trinajstić information content (AvgIpc) is 3.08. The van der Waals surface area contributed by atoms with E-state index in [-0.39, 0.29) is 17.6 Å². The van der Waals surface area contributed by atoms with Gasteiger partial charge in [-0.25, -0.2) is 4.68 Å². The third-order valence-electron chi connectivity index (χ3n) is 4.42. The highest BCUT2D eigenvalue weighted by Gasteiger charge is 2.20. The lowest BCUT2D eigenvalue weighted by molar-refractivity contribution is 0.0934. The van der Waals surface area contributed by atoms with E-state index in [4.69, 9.17) is 9.47 Å². The Kier molecular flexibility index (Phi) is 5.99. The molecule has 1 heterocycles. The smallest absolute Gasteiger partial charge is 0.274 e. The molecule has 0 saturated carbocycles. The molecule has 0 aliphatic carbocycles. The van der Waals surface area contributed by atoms with Crippen LogP contribution >= 0.6 is 15.9 Å². The van der Waals surface area contributed by atoms with Crippen molar-refractivity contribution in [2.75, 3.05) is 14.2 Å². The summed E-state index contributed by atoms with van der Waals surface area (Å²) in [5.74, 6) is 0.955. The van der Waals surface area contributed by atoms with Crippen molar-refractivity contribution in [3.05, 3.63) is 63.9 Å². The molecule has 0 bridgehead atoms. The van der Waals surface area contributed by atoms with Crippen molar-refractivity contribution < 1.29 is 14.3 Å². The summed E-state index contributed by atoms with van der Waals surface area (Å²) >= 11 is 3.44. The first kappa shape index (κ1) is 19.9. The van der Waals surface area contributed by atoms with E-state index in [1.165, 1.54) is 0 Å². The molecule has 28 heavy (non-hydrogen) atoms. The minimum absolute atomic E-state index is 0.247. The maximum Gasteiger partial charge on any atom is 0.274 e. The van der Waals surface area contributed by atoms with Gasteiger partial charge in [-0.1, -0.05) is 33.3 Å². The number of ether oxygens (including phenoxy) is 2. The number of aromatic nitrogens is 3. The minimum atomic E-state index is -0.291. The van der Waals surface area contributed by atoms with Gasteiger partial charge in [-0.05, 0) is 49.7 Å². The molecule has 8 heteroatoms. The molecule has 1 aromatic heterocycles. The summed E-state index contributed by atoms with van der Waals surface area (Å²) in [5.41, 5.74) is 2.66. The largest absolute Gasteiger partial charge is 0.493 e. The van der Waals surface area contributed by atoms with Crippen molar-refractivity contribution in [1.29, 1.82) is 0 Å². The summed E-state index contributed by atoms with van der Waals surface area (Å²) in [7, 11) is 3.16. The maximum absolute atomic E-state index is 12.7. The molecular weight excluding hydrogens is 424 g/mol. The predicted molar refractivity (Wildman–Crippen MR) is 109 cm³/mol. The Morgan fingerprint density at radius 3 is 2.57 bits per heavy atom. The van der Waals surface area contributed by atoms with E-state index in [1.807, 2.05) is 56.3 Å². The summed E-state index contributed by atoms with van der Waals surface area (Å²) < 4.78 is 13.1. The van der Waals surface area contributed by atoms with Gasteiger partial charge in [0.25, 0.3) is 5.91 Å². The summed E-state index contributed by atoms with van der Waals surface area (Å²) in [6.45, 7) is 3.71. The molecule has 1 N–H and O–H groups in total. The maximum atomic E-state index is 12.7. The Morgan fingerprint density at radius 1 is 1.14 bits per heavy atom. The molecule has 146 valence electrons. The molecular formula is C20H21BrN4O3. The number of halogens is 1. The molecule has 2 aromatic carbocycles. The lowest BCUT2D eigenvalue weighted by Crippen LogP contribution is -2.27. The fourth-order valence-corrected chi connectivity index (χ4v) is 3.25. The van der Waals surface area contributed by atoms with Gasteiger partial charge < -0.3 is 14.8 Å². The summed E-state index contributed by atoms with van der Waals surface area (Å²) in [6.07, 6.45) is 0. The molecule has 0 aliphatic heterocycles. The Balaban J connectivity index is 1.80. The van der Waals surface area contributed by atoms with Crippen LogP contribution in [0.25, 0.3) is 5.69 Å². The normalized spacial score (nSPS) is 11.8. The van der Waals surface area contributed by atoms with Gasteiger partial charge in [-0.3, -0.25) is 4.79 Å². The third kappa shape index (κ3) is 4.01. The number of hydrogen-bond acceptors (Lipinski definition) is 5. The first-order chi connectivity index (χ1) is 13.4. The van der Waals surface area contributed by atoms with E-state index in [1.54, 1.807) is 18.9 Å². The molecule has 3 aromatic rings. The quantitative estimate of drug-likeness (QED) is 0.624. The van der Waals surface area contributed by atoms with Crippen LogP contribution in [0.1, 0.15) is 34.7 Å². The van der Waals surface area contributed by atoms with Crippen LogP contribution in [0.5, 0.6) is 11.5 Å². The number of methoxy groups -OCH3 is 2. The molecule has 0 saturated heterocycles. The van der Waals surface area contributed by atoms with Crippen LogP contribution in [0.2, 0.25) is 0 Å². The van der Waals surface area contributed by atoms with Crippen molar-refractivity contribution in [1.82, 2.24) is 20.3 Å². The topological polar surface area (TPSA) is 78.3 Å². The second-order valence-electron chi connectivity index (χ2n) is 6.22. The molecule has 1 unspecified atom stereocenters. The predicted octanol–water partition coefficient (Wildman–Crippen LogP) is 3.85. The Hall–Kier alpha value is -2.87. The molecule has 0 fully saturated rings. The van der Waals surface area contributed by atoms with E-state index >= 15 is 0 Å². The number of rotatable bonds is 6. The number of carbonyl (C=O) groups is 1. The Labute approximate surface area is 171 Å². The first-order valence-electron chi connectivity index (χ1n) is 8.65. The zero-order valence-electron chi connectivity index (χ0n) is 16.1. The van der Waals surface area contributed by atoms with E-state index in [2.05, 4.69) is 31.6 Å². The van der Waals surface area contributed by atoms with E-state index < -0.39 is 0 Å².